The lowest BCUT2D eigenvalue weighted by molar-refractivity contribution is 0.0713. The number of para-hydroxylation sites is 1. The van der Waals surface area contributed by atoms with Crippen LogP contribution in [0.15, 0.2) is 56.6 Å². The predicted octanol–water partition coefficient (Wildman–Crippen LogP) is 3.58. The fourth-order valence-electron chi connectivity index (χ4n) is 2.40. The SMILES string of the molecule is O=C(c1ccco1)N1Cc2c(oc3ccccc23)C(Cl)=N1. The van der Waals surface area contributed by atoms with E-state index in [4.69, 9.17) is 20.4 Å². The van der Waals surface area contributed by atoms with Crippen LogP contribution in [-0.2, 0) is 6.54 Å². The van der Waals surface area contributed by atoms with Crippen molar-refractivity contribution in [3.63, 3.8) is 0 Å². The highest BCUT2D eigenvalue weighted by atomic mass is 35.5. The molecule has 1 aliphatic heterocycles. The summed E-state index contributed by atoms with van der Waals surface area (Å²) < 4.78 is 10.8. The van der Waals surface area contributed by atoms with Gasteiger partial charge >= 0.3 is 5.91 Å². The van der Waals surface area contributed by atoms with Crippen LogP contribution in [0.3, 0.4) is 0 Å². The molecule has 0 saturated carbocycles. The van der Waals surface area contributed by atoms with Crippen molar-refractivity contribution < 1.29 is 13.6 Å². The summed E-state index contributed by atoms with van der Waals surface area (Å²) in [5.41, 5.74) is 1.58. The van der Waals surface area contributed by atoms with E-state index >= 15 is 0 Å². The molecule has 4 rings (SSSR count). The summed E-state index contributed by atoms with van der Waals surface area (Å²) in [5.74, 6) is 0.398. The molecule has 3 aromatic rings. The van der Waals surface area contributed by atoms with Crippen LogP contribution in [0.1, 0.15) is 21.9 Å². The Morgan fingerprint density at radius 1 is 1.24 bits per heavy atom. The minimum absolute atomic E-state index is 0.160. The quantitative estimate of drug-likeness (QED) is 0.690. The second-order valence-corrected chi connectivity index (χ2v) is 4.99. The van der Waals surface area contributed by atoms with Gasteiger partial charge in [0.05, 0.1) is 12.8 Å². The van der Waals surface area contributed by atoms with E-state index in [9.17, 15) is 4.79 Å². The third-order valence-electron chi connectivity index (χ3n) is 3.37. The van der Waals surface area contributed by atoms with Crippen molar-refractivity contribution in [1.82, 2.24) is 5.01 Å². The number of hydrogen-bond donors (Lipinski definition) is 0. The zero-order chi connectivity index (χ0) is 14.4. The van der Waals surface area contributed by atoms with E-state index in [0.29, 0.717) is 12.3 Å². The van der Waals surface area contributed by atoms with Crippen molar-refractivity contribution in [2.24, 2.45) is 5.10 Å². The van der Waals surface area contributed by atoms with Gasteiger partial charge in [0.25, 0.3) is 0 Å². The molecular formula is C15H9ClN2O3. The van der Waals surface area contributed by atoms with Crippen molar-refractivity contribution in [2.75, 3.05) is 0 Å². The molecule has 3 heterocycles. The lowest BCUT2D eigenvalue weighted by Gasteiger charge is -2.20. The number of fused-ring (bicyclic) bond motifs is 3. The molecule has 0 fully saturated rings. The minimum Gasteiger partial charge on any atom is -0.459 e. The lowest BCUT2D eigenvalue weighted by Crippen LogP contribution is -2.29. The van der Waals surface area contributed by atoms with E-state index in [1.54, 1.807) is 12.1 Å². The summed E-state index contributed by atoms with van der Waals surface area (Å²) in [6.07, 6.45) is 1.45. The zero-order valence-corrected chi connectivity index (χ0v) is 11.5. The average molecular weight is 301 g/mol. The molecule has 5 nitrogen and oxygen atoms in total. The van der Waals surface area contributed by atoms with Crippen LogP contribution >= 0.6 is 11.6 Å². The lowest BCUT2D eigenvalue weighted by atomic mass is 10.1. The Labute approximate surface area is 124 Å². The molecule has 104 valence electrons. The number of hydrazone groups is 1. The Kier molecular flexibility index (Phi) is 2.62. The third kappa shape index (κ3) is 1.86. The molecule has 0 N–H and O–H groups in total. The Balaban J connectivity index is 1.80. The van der Waals surface area contributed by atoms with Crippen molar-refractivity contribution in [3.05, 3.63) is 59.7 Å². The fraction of sp³-hybridized carbons (Fsp3) is 0.0667. The Morgan fingerprint density at radius 2 is 2.10 bits per heavy atom. The van der Waals surface area contributed by atoms with Gasteiger partial charge in [0.1, 0.15) is 5.58 Å². The standard InChI is InChI=1S/C15H9ClN2O3/c16-14-13-10(9-4-1-2-5-11(9)21-13)8-18(17-14)15(19)12-6-3-7-20-12/h1-7H,8H2. The monoisotopic (exact) mass is 300 g/mol. The number of nitrogens with zero attached hydrogens (tertiary/aromatic N) is 2. The molecule has 21 heavy (non-hydrogen) atoms. The van der Waals surface area contributed by atoms with Gasteiger partial charge in [-0.3, -0.25) is 4.79 Å². The summed E-state index contributed by atoms with van der Waals surface area (Å²) in [6.45, 7) is 0.294. The Hall–Kier alpha value is -2.53. The van der Waals surface area contributed by atoms with Gasteiger partial charge in [-0.2, -0.15) is 5.10 Å². The predicted molar refractivity (Wildman–Crippen MR) is 77.2 cm³/mol. The molecule has 0 unspecified atom stereocenters. The van der Waals surface area contributed by atoms with E-state index in [-0.39, 0.29) is 16.8 Å². The number of amides is 1. The number of carbonyl (C=O) groups excluding carboxylic acids is 1. The van der Waals surface area contributed by atoms with Gasteiger partial charge in [-0.05, 0) is 18.2 Å². The fourth-order valence-corrected chi connectivity index (χ4v) is 2.65. The number of benzene rings is 1. The molecule has 0 radical (unpaired) electrons. The molecule has 0 spiro atoms. The summed E-state index contributed by atoms with van der Waals surface area (Å²) in [4.78, 5) is 12.3. The molecule has 1 amide bonds. The first kappa shape index (κ1) is 12.2. The van der Waals surface area contributed by atoms with E-state index in [1.165, 1.54) is 11.3 Å². The van der Waals surface area contributed by atoms with Gasteiger partial charge in [0.15, 0.2) is 16.7 Å². The summed E-state index contributed by atoms with van der Waals surface area (Å²) in [5, 5.41) is 6.46. The molecule has 0 bridgehead atoms. The Morgan fingerprint density at radius 3 is 2.90 bits per heavy atom. The average Bonchev–Trinajstić information content (AvgIpc) is 3.14. The smallest absolute Gasteiger partial charge is 0.309 e. The van der Waals surface area contributed by atoms with E-state index < -0.39 is 0 Å². The van der Waals surface area contributed by atoms with Crippen molar-refractivity contribution in [3.8, 4) is 0 Å². The first-order chi connectivity index (χ1) is 10.2. The van der Waals surface area contributed by atoms with Gasteiger partial charge < -0.3 is 8.83 Å². The molecule has 0 atom stereocenters. The normalized spacial score (nSPS) is 14.1. The first-order valence-corrected chi connectivity index (χ1v) is 6.72. The molecule has 1 aromatic carbocycles. The number of rotatable bonds is 1. The van der Waals surface area contributed by atoms with Gasteiger partial charge in [-0.1, -0.05) is 29.8 Å². The summed E-state index contributed by atoms with van der Waals surface area (Å²) in [6, 6.07) is 10.8. The first-order valence-electron chi connectivity index (χ1n) is 6.34. The van der Waals surface area contributed by atoms with Gasteiger partial charge in [-0.25, -0.2) is 5.01 Å². The molecule has 1 aliphatic rings. The van der Waals surface area contributed by atoms with Crippen LogP contribution in [0.5, 0.6) is 0 Å². The van der Waals surface area contributed by atoms with Crippen LogP contribution in [0.2, 0.25) is 0 Å². The second-order valence-electron chi connectivity index (χ2n) is 4.64. The maximum atomic E-state index is 12.3. The maximum absolute atomic E-state index is 12.3. The molecule has 6 heteroatoms. The van der Waals surface area contributed by atoms with Crippen molar-refractivity contribution in [2.45, 2.75) is 6.54 Å². The highest BCUT2D eigenvalue weighted by molar-refractivity contribution is 6.69. The second kappa shape index (κ2) is 4.49. The molecule has 2 aromatic heterocycles. The van der Waals surface area contributed by atoms with Crippen molar-refractivity contribution in [1.29, 1.82) is 0 Å². The van der Waals surface area contributed by atoms with Crippen LogP contribution in [0.25, 0.3) is 11.0 Å². The number of hydrogen-bond acceptors (Lipinski definition) is 4. The topological polar surface area (TPSA) is 59.0 Å². The van der Waals surface area contributed by atoms with Crippen LogP contribution < -0.4 is 0 Å². The highest BCUT2D eigenvalue weighted by Crippen LogP contribution is 2.32. The summed E-state index contributed by atoms with van der Waals surface area (Å²) >= 11 is 6.15. The van der Waals surface area contributed by atoms with E-state index in [2.05, 4.69) is 5.10 Å². The van der Waals surface area contributed by atoms with Gasteiger partial charge in [-0.15, -0.1) is 0 Å². The van der Waals surface area contributed by atoms with Crippen LogP contribution in [-0.4, -0.2) is 16.1 Å². The zero-order valence-electron chi connectivity index (χ0n) is 10.7. The van der Waals surface area contributed by atoms with E-state index in [1.807, 2.05) is 24.3 Å². The summed E-state index contributed by atoms with van der Waals surface area (Å²) in [7, 11) is 0. The number of carbonyl (C=O) groups is 1. The minimum atomic E-state index is -0.339. The van der Waals surface area contributed by atoms with Crippen LogP contribution in [0.4, 0.5) is 0 Å². The molecule has 0 aliphatic carbocycles. The largest absolute Gasteiger partial charge is 0.459 e. The highest BCUT2D eigenvalue weighted by Gasteiger charge is 2.29. The number of halogens is 1. The van der Waals surface area contributed by atoms with Crippen LogP contribution in [0, 0.1) is 0 Å². The number of furan rings is 2. The molecular weight excluding hydrogens is 292 g/mol. The Bertz CT molecular complexity index is 864. The van der Waals surface area contributed by atoms with Gasteiger partial charge in [0.2, 0.25) is 0 Å². The maximum Gasteiger partial charge on any atom is 0.309 e. The van der Waals surface area contributed by atoms with Gasteiger partial charge in [0, 0.05) is 10.9 Å². The van der Waals surface area contributed by atoms with Crippen molar-refractivity contribution >= 4 is 33.6 Å². The molecule has 0 saturated heterocycles. The third-order valence-corrected chi connectivity index (χ3v) is 3.62. The van der Waals surface area contributed by atoms with E-state index in [0.717, 1.165) is 16.5 Å².